The molecule has 0 aliphatic carbocycles. The Morgan fingerprint density at radius 2 is 2.00 bits per heavy atom. The molecule has 1 aliphatic rings. The minimum Gasteiger partial charge on any atom is -0.369 e. The average molecular weight is 311 g/mol. The minimum absolute atomic E-state index is 0.000199. The number of aromatic nitrogens is 1. The number of nitrogens with one attached hydrogen (secondary N) is 1. The lowest BCUT2D eigenvalue weighted by atomic mass is 10.1. The summed E-state index contributed by atoms with van der Waals surface area (Å²) < 4.78 is 5.25. The summed E-state index contributed by atoms with van der Waals surface area (Å²) >= 11 is 0. The molecule has 1 saturated heterocycles. The molecule has 3 rings (SSSR count). The quantitative estimate of drug-likeness (QED) is 0.927. The molecule has 1 N–H and O–H groups in total. The van der Waals surface area contributed by atoms with Gasteiger partial charge in [0.15, 0.2) is 0 Å². The van der Waals surface area contributed by atoms with Crippen LogP contribution in [0.15, 0.2) is 54.7 Å². The highest BCUT2D eigenvalue weighted by Gasteiger charge is 2.34. The highest BCUT2D eigenvalue weighted by Crippen LogP contribution is 2.15. The fourth-order valence-electron chi connectivity index (χ4n) is 2.45. The van der Waals surface area contributed by atoms with Crippen molar-refractivity contribution in [3.63, 3.8) is 0 Å². The molecule has 0 bridgehead atoms. The molecule has 0 radical (unpaired) electrons. The molecule has 0 spiro atoms. The number of carbonyl (C=O) groups is 2. The highest BCUT2D eigenvalue weighted by atomic mass is 16.5. The van der Waals surface area contributed by atoms with E-state index >= 15 is 0 Å². The van der Waals surface area contributed by atoms with Crippen LogP contribution in [0.1, 0.15) is 5.56 Å². The summed E-state index contributed by atoms with van der Waals surface area (Å²) in [6.07, 6.45) is 1.60. The predicted molar refractivity (Wildman–Crippen MR) is 84.5 cm³/mol. The van der Waals surface area contributed by atoms with E-state index in [0.29, 0.717) is 12.4 Å². The topological polar surface area (TPSA) is 71.5 Å². The van der Waals surface area contributed by atoms with Crippen molar-refractivity contribution >= 4 is 17.6 Å². The van der Waals surface area contributed by atoms with Crippen LogP contribution < -0.4 is 5.32 Å². The molecule has 2 aromatic rings. The van der Waals surface area contributed by atoms with Crippen molar-refractivity contribution in [1.82, 2.24) is 9.88 Å². The van der Waals surface area contributed by atoms with Crippen LogP contribution in [-0.4, -0.2) is 41.0 Å². The summed E-state index contributed by atoms with van der Waals surface area (Å²) in [6.45, 7) is 0.556. The third-order valence-electron chi connectivity index (χ3n) is 3.61. The van der Waals surface area contributed by atoms with E-state index in [1.807, 2.05) is 30.3 Å². The van der Waals surface area contributed by atoms with E-state index in [9.17, 15) is 9.59 Å². The maximum atomic E-state index is 12.5. The van der Waals surface area contributed by atoms with Crippen molar-refractivity contribution < 1.29 is 14.3 Å². The number of hydrogen-bond acceptors (Lipinski definition) is 4. The molecule has 1 aromatic carbocycles. The van der Waals surface area contributed by atoms with Crippen LogP contribution in [0.4, 0.5) is 5.82 Å². The maximum absolute atomic E-state index is 12.5. The number of amides is 2. The zero-order valence-corrected chi connectivity index (χ0v) is 12.5. The Morgan fingerprint density at radius 3 is 2.74 bits per heavy atom. The first kappa shape index (κ1) is 15.2. The molecule has 23 heavy (non-hydrogen) atoms. The van der Waals surface area contributed by atoms with Crippen molar-refractivity contribution in [1.29, 1.82) is 0 Å². The summed E-state index contributed by atoms with van der Waals surface area (Å²) in [4.78, 5) is 30.3. The third-order valence-corrected chi connectivity index (χ3v) is 3.61. The first-order valence-electron chi connectivity index (χ1n) is 7.37. The van der Waals surface area contributed by atoms with Gasteiger partial charge in [-0.2, -0.15) is 0 Å². The van der Waals surface area contributed by atoms with Gasteiger partial charge in [-0.15, -0.1) is 0 Å². The number of anilines is 1. The van der Waals surface area contributed by atoms with Crippen molar-refractivity contribution in [3.05, 3.63) is 60.3 Å². The van der Waals surface area contributed by atoms with Gasteiger partial charge in [-0.05, 0) is 17.7 Å². The van der Waals surface area contributed by atoms with Gasteiger partial charge < -0.3 is 15.0 Å². The Labute approximate surface area is 134 Å². The van der Waals surface area contributed by atoms with E-state index in [1.54, 1.807) is 29.3 Å². The number of ether oxygens (including phenoxy) is 1. The zero-order valence-electron chi connectivity index (χ0n) is 12.5. The summed E-state index contributed by atoms with van der Waals surface area (Å²) in [5.41, 5.74) is 0.971. The van der Waals surface area contributed by atoms with Crippen LogP contribution in [0, 0.1) is 0 Å². The van der Waals surface area contributed by atoms with Gasteiger partial charge in [0.1, 0.15) is 18.5 Å². The summed E-state index contributed by atoms with van der Waals surface area (Å²) in [6, 6.07) is 14.2. The summed E-state index contributed by atoms with van der Waals surface area (Å²) in [5, 5.41) is 2.72. The van der Waals surface area contributed by atoms with Gasteiger partial charge in [-0.3, -0.25) is 9.59 Å². The molecule has 1 aromatic heterocycles. The van der Waals surface area contributed by atoms with Gasteiger partial charge in [0.25, 0.3) is 5.91 Å². The van der Waals surface area contributed by atoms with Gasteiger partial charge in [0.2, 0.25) is 5.91 Å². The number of benzene rings is 1. The SMILES string of the molecule is O=C(Nc1ccccn1)C1COCC(=O)N1Cc1ccccc1. The van der Waals surface area contributed by atoms with Gasteiger partial charge >= 0.3 is 0 Å². The second kappa shape index (κ2) is 7.02. The van der Waals surface area contributed by atoms with Crippen molar-refractivity contribution in [2.45, 2.75) is 12.6 Å². The molecule has 2 amide bonds. The second-order valence-electron chi connectivity index (χ2n) is 5.24. The van der Waals surface area contributed by atoms with Gasteiger partial charge in [-0.1, -0.05) is 36.4 Å². The lowest BCUT2D eigenvalue weighted by Gasteiger charge is -2.34. The Morgan fingerprint density at radius 1 is 1.22 bits per heavy atom. The fourth-order valence-corrected chi connectivity index (χ4v) is 2.45. The van der Waals surface area contributed by atoms with E-state index < -0.39 is 6.04 Å². The molecule has 6 heteroatoms. The molecule has 2 heterocycles. The number of nitrogens with zero attached hydrogens (tertiary/aromatic N) is 2. The average Bonchev–Trinajstić information content (AvgIpc) is 2.58. The molecule has 1 aliphatic heterocycles. The maximum Gasteiger partial charge on any atom is 0.250 e. The fraction of sp³-hybridized carbons (Fsp3) is 0.235. The summed E-state index contributed by atoms with van der Waals surface area (Å²) in [5.74, 6) is -0.0378. The van der Waals surface area contributed by atoms with Crippen molar-refractivity contribution in [2.24, 2.45) is 0 Å². The Kier molecular flexibility index (Phi) is 4.63. The van der Waals surface area contributed by atoms with Gasteiger partial charge in [-0.25, -0.2) is 4.98 Å². The normalized spacial score (nSPS) is 17.8. The minimum atomic E-state index is -0.668. The van der Waals surface area contributed by atoms with Crippen LogP contribution in [0.5, 0.6) is 0 Å². The molecular weight excluding hydrogens is 294 g/mol. The Bertz CT molecular complexity index is 676. The monoisotopic (exact) mass is 311 g/mol. The molecular formula is C17H17N3O3. The molecule has 6 nitrogen and oxygen atoms in total. The van der Waals surface area contributed by atoms with Crippen LogP contribution in [-0.2, 0) is 20.9 Å². The molecule has 118 valence electrons. The van der Waals surface area contributed by atoms with Gasteiger partial charge in [0, 0.05) is 12.7 Å². The third kappa shape index (κ3) is 3.73. The largest absolute Gasteiger partial charge is 0.369 e. The predicted octanol–water partition coefficient (Wildman–Crippen LogP) is 1.45. The number of morpholine rings is 1. The molecule has 1 unspecified atom stereocenters. The first-order chi connectivity index (χ1) is 11.2. The van der Waals surface area contributed by atoms with E-state index in [-0.39, 0.29) is 25.0 Å². The van der Waals surface area contributed by atoms with Crippen LogP contribution in [0.3, 0.4) is 0 Å². The van der Waals surface area contributed by atoms with Crippen LogP contribution in [0.2, 0.25) is 0 Å². The van der Waals surface area contributed by atoms with Crippen LogP contribution in [0.25, 0.3) is 0 Å². The van der Waals surface area contributed by atoms with E-state index in [1.165, 1.54) is 0 Å². The van der Waals surface area contributed by atoms with Crippen molar-refractivity contribution in [3.8, 4) is 0 Å². The second-order valence-corrected chi connectivity index (χ2v) is 5.24. The molecule has 1 atom stereocenters. The summed E-state index contributed by atoms with van der Waals surface area (Å²) in [7, 11) is 0. The zero-order chi connectivity index (χ0) is 16.1. The molecule has 0 saturated carbocycles. The number of rotatable bonds is 4. The van der Waals surface area contributed by atoms with Crippen LogP contribution >= 0.6 is 0 Å². The molecule has 1 fully saturated rings. The number of carbonyl (C=O) groups excluding carboxylic acids is 2. The smallest absolute Gasteiger partial charge is 0.250 e. The first-order valence-corrected chi connectivity index (χ1v) is 7.37. The van der Waals surface area contributed by atoms with E-state index in [4.69, 9.17) is 4.74 Å². The lowest BCUT2D eigenvalue weighted by molar-refractivity contribution is -0.154. The number of pyridine rings is 1. The Hall–Kier alpha value is -2.73. The van der Waals surface area contributed by atoms with Crippen molar-refractivity contribution in [2.75, 3.05) is 18.5 Å². The standard InChI is InChI=1S/C17H17N3O3/c21-16-12-23-11-14(17(22)19-15-8-4-5-9-18-15)20(16)10-13-6-2-1-3-7-13/h1-9,14H,10-12H2,(H,18,19,22). The Balaban J connectivity index is 1.75. The van der Waals surface area contributed by atoms with E-state index in [0.717, 1.165) is 5.56 Å². The highest BCUT2D eigenvalue weighted by molar-refractivity contribution is 5.97. The number of hydrogen-bond donors (Lipinski definition) is 1. The van der Waals surface area contributed by atoms with Gasteiger partial charge in [0.05, 0.1) is 6.61 Å². The van der Waals surface area contributed by atoms with E-state index in [2.05, 4.69) is 10.3 Å². The lowest BCUT2D eigenvalue weighted by Crippen LogP contribution is -2.54.